The molecule has 4 heteroatoms. The van der Waals surface area contributed by atoms with Crippen LogP contribution >= 0.6 is 0 Å². The number of amides is 1. The minimum Gasteiger partial charge on any atom is -0.399 e. The van der Waals surface area contributed by atoms with Gasteiger partial charge in [-0.15, -0.1) is 0 Å². The second-order valence-corrected chi connectivity index (χ2v) is 6.72. The van der Waals surface area contributed by atoms with E-state index in [9.17, 15) is 9.18 Å². The van der Waals surface area contributed by atoms with Gasteiger partial charge < -0.3 is 11.1 Å². The Hall–Kier alpha value is -2.62. The van der Waals surface area contributed by atoms with Gasteiger partial charge in [0, 0.05) is 22.9 Å². The van der Waals surface area contributed by atoms with E-state index in [2.05, 4.69) is 5.32 Å². The van der Waals surface area contributed by atoms with Gasteiger partial charge in [0.15, 0.2) is 0 Å². The summed E-state index contributed by atoms with van der Waals surface area (Å²) in [6.07, 6.45) is 1.86. The minimum atomic E-state index is -0.335. The highest BCUT2D eigenvalue weighted by Crippen LogP contribution is 2.30. The summed E-state index contributed by atoms with van der Waals surface area (Å²) in [4.78, 5) is 12.1. The van der Waals surface area contributed by atoms with E-state index < -0.39 is 0 Å². The van der Waals surface area contributed by atoms with E-state index in [1.165, 1.54) is 6.07 Å². The smallest absolute Gasteiger partial charge is 0.247 e. The third-order valence-electron chi connectivity index (χ3n) is 4.05. The fourth-order valence-corrected chi connectivity index (χ4v) is 2.71. The lowest BCUT2D eigenvalue weighted by molar-refractivity contribution is -0.117. The fourth-order valence-electron chi connectivity index (χ4n) is 2.71. The number of hydrogen-bond donors (Lipinski definition) is 2. The zero-order chi connectivity index (χ0) is 18.7. The van der Waals surface area contributed by atoms with E-state index in [-0.39, 0.29) is 17.8 Å². The molecule has 2 aromatic carbocycles. The lowest BCUT2D eigenvalue weighted by Gasteiger charge is -2.13. The molecule has 0 saturated carbocycles. The van der Waals surface area contributed by atoms with Crippen molar-refractivity contribution in [1.82, 2.24) is 5.32 Å². The molecule has 3 nitrogen and oxygen atoms in total. The maximum absolute atomic E-state index is 14.2. The second kappa shape index (κ2) is 7.51. The van der Waals surface area contributed by atoms with Crippen molar-refractivity contribution in [3.8, 4) is 11.1 Å². The quantitative estimate of drug-likeness (QED) is 0.630. The molecule has 25 heavy (non-hydrogen) atoms. The van der Waals surface area contributed by atoms with Gasteiger partial charge in [0.05, 0.1) is 0 Å². The summed E-state index contributed by atoms with van der Waals surface area (Å²) < 4.78 is 14.2. The number of carbonyl (C=O) groups is 1. The zero-order valence-electron chi connectivity index (χ0n) is 15.4. The lowest BCUT2D eigenvalue weighted by atomic mass is 9.93. The maximum Gasteiger partial charge on any atom is 0.247 e. The van der Waals surface area contributed by atoms with E-state index in [4.69, 9.17) is 5.73 Å². The molecule has 0 bridgehead atoms. The molecule has 0 aliphatic heterocycles. The largest absolute Gasteiger partial charge is 0.399 e. The van der Waals surface area contributed by atoms with Crippen LogP contribution in [0.2, 0.25) is 0 Å². The van der Waals surface area contributed by atoms with Crippen LogP contribution in [0.25, 0.3) is 17.2 Å². The molecule has 0 aliphatic rings. The van der Waals surface area contributed by atoms with Gasteiger partial charge in [-0.25, -0.2) is 4.39 Å². The molecule has 0 unspecified atom stereocenters. The number of hydrogen-bond acceptors (Lipinski definition) is 2. The third kappa shape index (κ3) is 4.47. The van der Waals surface area contributed by atoms with Gasteiger partial charge >= 0.3 is 0 Å². The van der Waals surface area contributed by atoms with Crippen molar-refractivity contribution in [2.24, 2.45) is 0 Å². The summed E-state index contributed by atoms with van der Waals surface area (Å²) in [6.45, 7) is 9.54. The predicted octanol–water partition coefficient (Wildman–Crippen LogP) is 4.62. The number of benzene rings is 2. The van der Waals surface area contributed by atoms with Crippen LogP contribution in [-0.4, -0.2) is 11.9 Å². The molecule has 0 saturated heterocycles. The molecule has 0 atom stereocenters. The number of nitrogens with one attached hydrogen (secondary N) is 1. The van der Waals surface area contributed by atoms with Gasteiger partial charge in [-0.2, -0.15) is 0 Å². The van der Waals surface area contributed by atoms with Crippen molar-refractivity contribution in [2.45, 2.75) is 40.7 Å². The zero-order valence-corrected chi connectivity index (χ0v) is 15.4. The summed E-state index contributed by atoms with van der Waals surface area (Å²) in [5, 5.41) is 2.88. The number of aryl methyl sites for hydroxylation is 2. The van der Waals surface area contributed by atoms with Gasteiger partial charge in [0.1, 0.15) is 5.82 Å². The van der Waals surface area contributed by atoms with E-state index in [1.807, 2.05) is 45.9 Å². The number of nitrogens with two attached hydrogens (primary N) is 1. The molecule has 0 fully saturated rings. The van der Waals surface area contributed by atoms with Crippen LogP contribution in [0.4, 0.5) is 10.1 Å². The number of nitrogen functional groups attached to an aromatic ring is 1. The number of anilines is 1. The summed E-state index contributed by atoms with van der Waals surface area (Å²) in [5.74, 6) is -0.418. The molecule has 2 aromatic rings. The lowest BCUT2D eigenvalue weighted by Crippen LogP contribution is -2.30. The van der Waals surface area contributed by atoms with E-state index in [0.29, 0.717) is 16.8 Å². The highest BCUT2D eigenvalue weighted by Gasteiger charge is 2.12. The van der Waals surface area contributed by atoms with Crippen LogP contribution in [-0.2, 0) is 4.79 Å². The average Bonchev–Trinajstić information content (AvgIpc) is 2.50. The Morgan fingerprint density at radius 3 is 2.40 bits per heavy atom. The Kier molecular flexibility index (Phi) is 5.62. The maximum atomic E-state index is 14.2. The summed E-state index contributed by atoms with van der Waals surface area (Å²) in [6, 6.07) is 8.74. The van der Waals surface area contributed by atoms with Gasteiger partial charge in [0.2, 0.25) is 5.91 Å². The van der Waals surface area contributed by atoms with Gasteiger partial charge in [-0.05, 0) is 81.1 Å². The summed E-state index contributed by atoms with van der Waals surface area (Å²) in [5.41, 5.74) is 10.9. The SMILES string of the molecule is C/C(=C\c1cc(C)c(-c2ccc(N)cc2F)cc1C)C(=O)NC(C)C. The Labute approximate surface area is 148 Å². The van der Waals surface area contributed by atoms with Crippen molar-refractivity contribution in [3.63, 3.8) is 0 Å². The minimum absolute atomic E-state index is 0.0827. The van der Waals surface area contributed by atoms with Crippen LogP contribution in [0, 0.1) is 19.7 Å². The van der Waals surface area contributed by atoms with Crippen LogP contribution < -0.4 is 11.1 Å². The highest BCUT2D eigenvalue weighted by atomic mass is 19.1. The topological polar surface area (TPSA) is 55.1 Å². The molecular formula is C21H25FN2O. The normalized spacial score (nSPS) is 11.7. The molecule has 1 amide bonds. The van der Waals surface area contributed by atoms with Crippen molar-refractivity contribution < 1.29 is 9.18 Å². The Bertz CT molecular complexity index is 838. The Morgan fingerprint density at radius 2 is 1.80 bits per heavy atom. The Morgan fingerprint density at radius 1 is 1.12 bits per heavy atom. The summed E-state index contributed by atoms with van der Waals surface area (Å²) >= 11 is 0. The van der Waals surface area contributed by atoms with Crippen molar-refractivity contribution in [3.05, 3.63) is 58.4 Å². The van der Waals surface area contributed by atoms with Crippen LogP contribution in [0.5, 0.6) is 0 Å². The standard InChI is InChI=1S/C21H25FN2O/c1-12(2)24-21(25)15(5)9-16-8-14(4)19(10-13(16)3)18-7-6-17(23)11-20(18)22/h6-12H,23H2,1-5H3,(H,24,25)/b15-9+. The van der Waals surface area contributed by atoms with Gasteiger partial charge in [-0.1, -0.05) is 12.1 Å². The third-order valence-corrected chi connectivity index (χ3v) is 4.05. The molecule has 0 radical (unpaired) electrons. The van der Waals surface area contributed by atoms with Crippen molar-refractivity contribution >= 4 is 17.7 Å². The average molecular weight is 340 g/mol. The fraction of sp³-hybridized carbons (Fsp3) is 0.286. The monoisotopic (exact) mass is 340 g/mol. The molecule has 0 aliphatic carbocycles. The number of carbonyl (C=O) groups excluding carboxylic acids is 1. The van der Waals surface area contributed by atoms with E-state index >= 15 is 0 Å². The first-order valence-electron chi connectivity index (χ1n) is 8.35. The first kappa shape index (κ1) is 18.7. The van der Waals surface area contributed by atoms with Gasteiger partial charge in [0.25, 0.3) is 0 Å². The molecule has 132 valence electrons. The molecule has 2 rings (SSSR count). The van der Waals surface area contributed by atoms with E-state index in [0.717, 1.165) is 22.3 Å². The number of rotatable bonds is 4. The molecule has 0 aromatic heterocycles. The first-order valence-corrected chi connectivity index (χ1v) is 8.35. The van der Waals surface area contributed by atoms with E-state index in [1.54, 1.807) is 19.1 Å². The molecular weight excluding hydrogens is 315 g/mol. The Balaban J connectivity index is 2.42. The molecule has 0 spiro atoms. The molecule has 0 heterocycles. The van der Waals surface area contributed by atoms with Crippen LogP contribution in [0.1, 0.15) is 37.5 Å². The predicted molar refractivity (Wildman–Crippen MR) is 103 cm³/mol. The summed E-state index contributed by atoms with van der Waals surface area (Å²) in [7, 11) is 0. The number of halogens is 1. The van der Waals surface area contributed by atoms with Crippen LogP contribution in [0.15, 0.2) is 35.9 Å². The first-order chi connectivity index (χ1) is 11.7. The van der Waals surface area contributed by atoms with Crippen molar-refractivity contribution in [1.29, 1.82) is 0 Å². The van der Waals surface area contributed by atoms with Gasteiger partial charge in [-0.3, -0.25) is 4.79 Å². The van der Waals surface area contributed by atoms with Crippen molar-refractivity contribution in [2.75, 3.05) is 5.73 Å². The van der Waals surface area contributed by atoms with Crippen LogP contribution in [0.3, 0.4) is 0 Å². The second-order valence-electron chi connectivity index (χ2n) is 6.72. The molecule has 3 N–H and O–H groups in total. The highest BCUT2D eigenvalue weighted by molar-refractivity contribution is 5.97.